The topological polar surface area (TPSA) is 9.23 Å². The molecule has 0 saturated heterocycles. The number of methoxy groups -OCH3 is 1. The van der Waals surface area contributed by atoms with E-state index in [0.717, 1.165) is 17.7 Å². The van der Waals surface area contributed by atoms with Crippen LogP contribution in [0.3, 0.4) is 0 Å². The van der Waals surface area contributed by atoms with Gasteiger partial charge in [0, 0.05) is 5.88 Å². The van der Waals surface area contributed by atoms with Gasteiger partial charge in [-0.25, -0.2) is 0 Å². The summed E-state index contributed by atoms with van der Waals surface area (Å²) in [6.45, 7) is 2.04. The summed E-state index contributed by atoms with van der Waals surface area (Å²) in [6, 6.07) is 6.12. The average molecular weight is 211 g/mol. The Morgan fingerprint density at radius 3 is 2.79 bits per heavy atom. The van der Waals surface area contributed by atoms with Gasteiger partial charge in [-0.1, -0.05) is 18.2 Å². The van der Waals surface area contributed by atoms with Crippen molar-refractivity contribution in [2.75, 3.05) is 13.0 Å². The standard InChI is InChI=1S/C12H15ClO/c1-10-9-11(5-3-4-8-13)6-7-12(10)14-2/h3,5-7,9H,4,8H2,1-2H3. The molecule has 0 unspecified atom stereocenters. The Morgan fingerprint density at radius 2 is 2.21 bits per heavy atom. The van der Waals surface area contributed by atoms with Crippen LogP contribution in [-0.4, -0.2) is 13.0 Å². The highest BCUT2D eigenvalue weighted by atomic mass is 35.5. The SMILES string of the molecule is COc1ccc(C=CCCCl)cc1C. The van der Waals surface area contributed by atoms with Crippen LogP contribution in [0.5, 0.6) is 5.75 Å². The van der Waals surface area contributed by atoms with Crippen molar-refractivity contribution < 1.29 is 4.74 Å². The van der Waals surface area contributed by atoms with E-state index in [1.807, 2.05) is 19.1 Å². The van der Waals surface area contributed by atoms with Crippen LogP contribution in [0.1, 0.15) is 17.5 Å². The van der Waals surface area contributed by atoms with Gasteiger partial charge >= 0.3 is 0 Å². The maximum absolute atomic E-state index is 5.58. The molecule has 0 spiro atoms. The number of rotatable bonds is 4. The number of aryl methyl sites for hydroxylation is 1. The van der Waals surface area contributed by atoms with Crippen LogP contribution in [0.4, 0.5) is 0 Å². The van der Waals surface area contributed by atoms with Crippen molar-refractivity contribution >= 4 is 17.7 Å². The van der Waals surface area contributed by atoms with Crippen molar-refractivity contribution in [2.24, 2.45) is 0 Å². The highest BCUT2D eigenvalue weighted by Gasteiger charge is 1.96. The lowest BCUT2D eigenvalue weighted by Crippen LogP contribution is -1.86. The van der Waals surface area contributed by atoms with E-state index < -0.39 is 0 Å². The second kappa shape index (κ2) is 5.71. The van der Waals surface area contributed by atoms with E-state index >= 15 is 0 Å². The molecule has 0 heterocycles. The van der Waals surface area contributed by atoms with Gasteiger partial charge in [0.2, 0.25) is 0 Å². The lowest BCUT2D eigenvalue weighted by atomic mass is 10.1. The summed E-state index contributed by atoms with van der Waals surface area (Å²) >= 11 is 5.58. The number of allylic oxidation sites excluding steroid dienone is 1. The molecule has 0 saturated carbocycles. The zero-order chi connectivity index (χ0) is 10.4. The van der Waals surface area contributed by atoms with Crippen LogP contribution < -0.4 is 4.74 Å². The summed E-state index contributed by atoms with van der Waals surface area (Å²) in [5, 5.41) is 0. The minimum atomic E-state index is 0.672. The van der Waals surface area contributed by atoms with Crippen molar-refractivity contribution in [3.8, 4) is 5.75 Å². The molecule has 1 nitrogen and oxygen atoms in total. The van der Waals surface area contributed by atoms with E-state index in [0.29, 0.717) is 5.88 Å². The smallest absolute Gasteiger partial charge is 0.121 e. The first kappa shape index (κ1) is 11.1. The lowest BCUT2D eigenvalue weighted by Gasteiger charge is -2.04. The minimum absolute atomic E-state index is 0.672. The largest absolute Gasteiger partial charge is 0.496 e. The summed E-state index contributed by atoms with van der Waals surface area (Å²) in [5.41, 5.74) is 2.34. The molecular weight excluding hydrogens is 196 g/mol. The molecule has 2 heteroatoms. The third-order valence-corrected chi connectivity index (χ3v) is 2.22. The number of alkyl halides is 1. The molecule has 0 radical (unpaired) electrons. The van der Waals surface area contributed by atoms with Crippen LogP contribution in [0, 0.1) is 6.92 Å². The van der Waals surface area contributed by atoms with E-state index in [1.165, 1.54) is 5.56 Å². The highest BCUT2D eigenvalue weighted by molar-refractivity contribution is 6.17. The molecule has 1 aromatic carbocycles. The second-order valence-electron chi connectivity index (χ2n) is 3.11. The third kappa shape index (κ3) is 3.08. The summed E-state index contributed by atoms with van der Waals surface area (Å²) in [6.07, 6.45) is 5.07. The first-order valence-electron chi connectivity index (χ1n) is 4.65. The molecule has 0 aliphatic heterocycles. The second-order valence-corrected chi connectivity index (χ2v) is 3.49. The van der Waals surface area contributed by atoms with Gasteiger partial charge in [-0.15, -0.1) is 11.6 Å². The number of benzene rings is 1. The highest BCUT2D eigenvalue weighted by Crippen LogP contribution is 2.19. The Balaban J connectivity index is 2.76. The van der Waals surface area contributed by atoms with Crippen molar-refractivity contribution in [1.82, 2.24) is 0 Å². The molecule has 0 aliphatic rings. The lowest BCUT2D eigenvalue weighted by molar-refractivity contribution is 0.411. The molecule has 0 aliphatic carbocycles. The van der Waals surface area contributed by atoms with Crippen LogP contribution >= 0.6 is 11.6 Å². The molecule has 76 valence electrons. The van der Waals surface area contributed by atoms with E-state index in [4.69, 9.17) is 16.3 Å². The molecular formula is C12H15ClO. The van der Waals surface area contributed by atoms with Gasteiger partial charge in [-0.3, -0.25) is 0 Å². The molecule has 0 bridgehead atoms. The Bertz CT molecular complexity index is 318. The predicted molar refractivity (Wildman–Crippen MR) is 62.1 cm³/mol. The monoisotopic (exact) mass is 210 g/mol. The fourth-order valence-corrected chi connectivity index (χ4v) is 1.41. The number of hydrogen-bond acceptors (Lipinski definition) is 1. The molecule has 0 atom stereocenters. The minimum Gasteiger partial charge on any atom is -0.496 e. The Kier molecular flexibility index (Phi) is 4.54. The average Bonchev–Trinajstić information content (AvgIpc) is 2.18. The number of hydrogen-bond donors (Lipinski definition) is 0. The fourth-order valence-electron chi connectivity index (χ4n) is 1.29. The fraction of sp³-hybridized carbons (Fsp3) is 0.333. The molecule has 14 heavy (non-hydrogen) atoms. The van der Waals surface area contributed by atoms with Gasteiger partial charge in [0.15, 0.2) is 0 Å². The van der Waals surface area contributed by atoms with Crippen LogP contribution in [-0.2, 0) is 0 Å². The van der Waals surface area contributed by atoms with Gasteiger partial charge < -0.3 is 4.74 Å². The van der Waals surface area contributed by atoms with Crippen molar-refractivity contribution in [3.63, 3.8) is 0 Å². The van der Waals surface area contributed by atoms with Gasteiger partial charge in [0.05, 0.1) is 7.11 Å². The maximum Gasteiger partial charge on any atom is 0.121 e. The number of ether oxygens (including phenoxy) is 1. The molecule has 1 rings (SSSR count). The van der Waals surface area contributed by atoms with Crippen molar-refractivity contribution in [3.05, 3.63) is 35.4 Å². The molecule has 0 N–H and O–H groups in total. The Labute approximate surface area is 90.3 Å². The van der Waals surface area contributed by atoms with E-state index in [1.54, 1.807) is 7.11 Å². The zero-order valence-corrected chi connectivity index (χ0v) is 9.34. The van der Waals surface area contributed by atoms with Gasteiger partial charge in [-0.05, 0) is 36.6 Å². The number of halogens is 1. The quantitative estimate of drug-likeness (QED) is 0.690. The van der Waals surface area contributed by atoms with E-state index in [-0.39, 0.29) is 0 Å². The molecule has 0 amide bonds. The molecule has 1 aromatic rings. The summed E-state index contributed by atoms with van der Waals surface area (Å²) in [4.78, 5) is 0. The van der Waals surface area contributed by atoms with Gasteiger partial charge in [0.25, 0.3) is 0 Å². The maximum atomic E-state index is 5.58. The predicted octanol–water partition coefficient (Wildman–Crippen LogP) is 3.65. The van der Waals surface area contributed by atoms with E-state index in [9.17, 15) is 0 Å². The van der Waals surface area contributed by atoms with Crippen molar-refractivity contribution in [1.29, 1.82) is 0 Å². The summed E-state index contributed by atoms with van der Waals surface area (Å²) in [5.74, 6) is 1.60. The van der Waals surface area contributed by atoms with Gasteiger partial charge in [0.1, 0.15) is 5.75 Å². The van der Waals surface area contributed by atoms with Crippen LogP contribution in [0.25, 0.3) is 6.08 Å². The first-order chi connectivity index (χ1) is 6.77. The molecule has 0 aromatic heterocycles. The normalized spacial score (nSPS) is 10.8. The van der Waals surface area contributed by atoms with Gasteiger partial charge in [-0.2, -0.15) is 0 Å². The first-order valence-corrected chi connectivity index (χ1v) is 5.18. The van der Waals surface area contributed by atoms with Crippen molar-refractivity contribution in [2.45, 2.75) is 13.3 Å². The zero-order valence-electron chi connectivity index (χ0n) is 8.59. The summed E-state index contributed by atoms with van der Waals surface area (Å²) < 4.78 is 5.18. The van der Waals surface area contributed by atoms with Crippen LogP contribution in [0.2, 0.25) is 0 Å². The van der Waals surface area contributed by atoms with E-state index in [2.05, 4.69) is 18.2 Å². The Hall–Kier alpha value is -0.950. The molecule has 0 fully saturated rings. The Morgan fingerprint density at radius 1 is 1.43 bits per heavy atom. The third-order valence-electron chi connectivity index (χ3n) is 2.00. The van der Waals surface area contributed by atoms with Crippen LogP contribution in [0.15, 0.2) is 24.3 Å². The summed E-state index contributed by atoms with van der Waals surface area (Å²) in [7, 11) is 1.69.